The molecule has 7 nitrogen and oxygen atoms in total. The average molecular weight is 380 g/mol. The van der Waals surface area contributed by atoms with Gasteiger partial charge in [0.15, 0.2) is 11.4 Å². The van der Waals surface area contributed by atoms with Crippen molar-refractivity contribution in [1.82, 2.24) is 10.0 Å². The Morgan fingerprint density at radius 3 is 2.40 bits per heavy atom. The van der Waals surface area contributed by atoms with E-state index in [1.165, 1.54) is 36.0 Å². The standard InChI is InChI=1S/C16H20N4O3S2/c1-16(9-3-4-10-16)14(21)20-25(22,23)13-7-5-12(6-8-13)19-15(24-2)18-11-17/h5-8H,3-4,9-10H2,1-2H3,(H,18,19)(H,20,21). The highest BCUT2D eigenvalue weighted by Gasteiger charge is 2.38. The van der Waals surface area contributed by atoms with E-state index >= 15 is 0 Å². The van der Waals surface area contributed by atoms with Gasteiger partial charge in [-0.05, 0) is 43.4 Å². The van der Waals surface area contributed by atoms with Gasteiger partial charge in [-0.1, -0.05) is 31.5 Å². The molecule has 1 aliphatic rings. The number of aliphatic imine (C=N–C) groups is 1. The minimum Gasteiger partial charge on any atom is -0.273 e. The fourth-order valence-electron chi connectivity index (χ4n) is 2.68. The number of hydrogen-bond acceptors (Lipinski definition) is 6. The SMILES string of the molecule is CSC(=Nc1ccc(S(=O)(=O)NC(=O)C2(C)CCCC2)cc1)NC#N. The molecule has 0 saturated heterocycles. The van der Waals surface area contributed by atoms with Crippen molar-refractivity contribution >= 4 is 38.5 Å². The normalized spacial score (nSPS) is 16.9. The third-order valence-electron chi connectivity index (χ3n) is 4.22. The first-order chi connectivity index (χ1) is 11.8. The predicted molar refractivity (Wildman–Crippen MR) is 97.7 cm³/mol. The lowest BCUT2D eigenvalue weighted by Crippen LogP contribution is -2.40. The molecular weight excluding hydrogens is 360 g/mol. The van der Waals surface area contributed by atoms with Crippen LogP contribution < -0.4 is 10.0 Å². The number of carbonyl (C=O) groups excluding carboxylic acids is 1. The number of benzene rings is 1. The van der Waals surface area contributed by atoms with Crippen molar-refractivity contribution in [2.24, 2.45) is 10.4 Å². The molecule has 1 aromatic rings. The zero-order chi connectivity index (χ0) is 18.5. The van der Waals surface area contributed by atoms with Crippen molar-refractivity contribution in [2.45, 2.75) is 37.5 Å². The fraction of sp³-hybridized carbons (Fsp3) is 0.438. The molecule has 0 aliphatic heterocycles. The number of nitrogens with zero attached hydrogens (tertiary/aromatic N) is 2. The van der Waals surface area contributed by atoms with Crippen LogP contribution in [0.25, 0.3) is 0 Å². The zero-order valence-corrected chi connectivity index (χ0v) is 15.7. The van der Waals surface area contributed by atoms with Gasteiger partial charge in [0.25, 0.3) is 10.0 Å². The largest absolute Gasteiger partial charge is 0.273 e. The van der Waals surface area contributed by atoms with Crippen LogP contribution in [-0.4, -0.2) is 25.7 Å². The summed E-state index contributed by atoms with van der Waals surface area (Å²) in [5.41, 5.74) is -0.117. The fourth-order valence-corrected chi connectivity index (χ4v) is 4.12. The number of rotatable bonds is 4. The Hall–Kier alpha value is -2.05. The summed E-state index contributed by atoms with van der Waals surface area (Å²) in [5, 5.41) is 11.5. The van der Waals surface area contributed by atoms with E-state index in [4.69, 9.17) is 5.26 Å². The summed E-state index contributed by atoms with van der Waals surface area (Å²) >= 11 is 1.26. The molecule has 0 bridgehead atoms. The summed E-state index contributed by atoms with van der Waals surface area (Å²) in [4.78, 5) is 16.5. The predicted octanol–water partition coefficient (Wildman–Crippen LogP) is 2.49. The van der Waals surface area contributed by atoms with Crippen LogP contribution in [0.15, 0.2) is 34.2 Å². The van der Waals surface area contributed by atoms with Gasteiger partial charge in [0.2, 0.25) is 5.91 Å². The van der Waals surface area contributed by atoms with E-state index in [0.717, 1.165) is 12.8 Å². The molecule has 1 saturated carbocycles. The van der Waals surface area contributed by atoms with Crippen molar-refractivity contribution in [3.63, 3.8) is 0 Å². The summed E-state index contributed by atoms with van der Waals surface area (Å²) in [7, 11) is -3.92. The molecule has 9 heteroatoms. The van der Waals surface area contributed by atoms with Crippen molar-refractivity contribution in [1.29, 1.82) is 5.26 Å². The van der Waals surface area contributed by atoms with E-state index in [1.807, 2.05) is 0 Å². The molecule has 2 N–H and O–H groups in total. The van der Waals surface area contributed by atoms with Gasteiger partial charge in [0.05, 0.1) is 10.6 Å². The third kappa shape index (κ3) is 4.74. The van der Waals surface area contributed by atoms with E-state index in [0.29, 0.717) is 23.7 Å². The minimum atomic E-state index is -3.92. The Bertz CT molecular complexity index is 805. The molecule has 0 spiro atoms. The van der Waals surface area contributed by atoms with Crippen LogP contribution in [0.5, 0.6) is 0 Å². The molecular formula is C16H20N4O3S2. The van der Waals surface area contributed by atoms with Crippen LogP contribution in [-0.2, 0) is 14.8 Å². The lowest BCUT2D eigenvalue weighted by molar-refractivity contribution is -0.127. The van der Waals surface area contributed by atoms with E-state index < -0.39 is 21.3 Å². The third-order valence-corrected chi connectivity index (χ3v) is 6.14. The first kappa shape index (κ1) is 19.3. The highest BCUT2D eigenvalue weighted by atomic mass is 32.2. The Labute approximate surface area is 152 Å². The van der Waals surface area contributed by atoms with Crippen molar-refractivity contribution in [3.8, 4) is 6.19 Å². The molecule has 1 amide bonds. The van der Waals surface area contributed by atoms with Crippen LogP contribution in [0.2, 0.25) is 0 Å². The first-order valence-electron chi connectivity index (χ1n) is 7.76. The van der Waals surface area contributed by atoms with Gasteiger partial charge in [-0.25, -0.2) is 18.1 Å². The lowest BCUT2D eigenvalue weighted by Gasteiger charge is -2.22. The number of nitriles is 1. The first-order valence-corrected chi connectivity index (χ1v) is 10.5. The lowest BCUT2D eigenvalue weighted by atomic mass is 9.88. The minimum absolute atomic E-state index is 0.000316. The van der Waals surface area contributed by atoms with Crippen LogP contribution in [0, 0.1) is 16.9 Å². The van der Waals surface area contributed by atoms with Crippen molar-refractivity contribution in [3.05, 3.63) is 24.3 Å². The monoisotopic (exact) mass is 380 g/mol. The van der Waals surface area contributed by atoms with Crippen LogP contribution in [0.1, 0.15) is 32.6 Å². The number of amidine groups is 1. The second kappa shape index (κ2) is 7.89. The molecule has 0 atom stereocenters. The van der Waals surface area contributed by atoms with E-state index in [2.05, 4.69) is 15.0 Å². The molecule has 1 aromatic carbocycles. The molecule has 0 unspecified atom stereocenters. The van der Waals surface area contributed by atoms with Gasteiger partial charge in [0.1, 0.15) is 0 Å². The molecule has 1 fully saturated rings. The molecule has 0 radical (unpaired) electrons. The van der Waals surface area contributed by atoms with E-state index in [1.54, 1.807) is 19.4 Å². The van der Waals surface area contributed by atoms with Gasteiger partial charge >= 0.3 is 0 Å². The van der Waals surface area contributed by atoms with Crippen LogP contribution in [0.4, 0.5) is 5.69 Å². The van der Waals surface area contributed by atoms with Crippen LogP contribution >= 0.6 is 11.8 Å². The molecule has 2 rings (SSSR count). The van der Waals surface area contributed by atoms with Gasteiger partial charge < -0.3 is 0 Å². The number of hydrogen-bond donors (Lipinski definition) is 2. The summed E-state index contributed by atoms with van der Waals surface area (Å²) in [6, 6.07) is 5.81. The molecule has 0 heterocycles. The zero-order valence-electron chi connectivity index (χ0n) is 14.1. The quantitative estimate of drug-likeness (QED) is 0.359. The maximum Gasteiger partial charge on any atom is 0.264 e. The Morgan fingerprint density at radius 2 is 1.88 bits per heavy atom. The second-order valence-corrected chi connectivity index (χ2v) is 8.53. The van der Waals surface area contributed by atoms with E-state index in [-0.39, 0.29) is 4.90 Å². The molecule has 134 valence electrons. The number of sulfonamides is 1. The number of amides is 1. The van der Waals surface area contributed by atoms with Gasteiger partial charge in [-0.2, -0.15) is 5.26 Å². The summed E-state index contributed by atoms with van der Waals surface area (Å²) in [6.07, 6.45) is 6.82. The summed E-state index contributed by atoms with van der Waals surface area (Å²) < 4.78 is 27.0. The number of thioether (sulfide) groups is 1. The highest BCUT2D eigenvalue weighted by Crippen LogP contribution is 2.37. The summed E-state index contributed by atoms with van der Waals surface area (Å²) in [6.45, 7) is 1.80. The van der Waals surface area contributed by atoms with E-state index in [9.17, 15) is 13.2 Å². The Kier molecular flexibility index (Phi) is 6.08. The molecule has 1 aliphatic carbocycles. The molecule has 0 aromatic heterocycles. The van der Waals surface area contributed by atoms with Crippen molar-refractivity contribution < 1.29 is 13.2 Å². The van der Waals surface area contributed by atoms with Gasteiger partial charge in [-0.3, -0.25) is 10.1 Å². The Balaban J connectivity index is 2.15. The summed E-state index contributed by atoms with van der Waals surface area (Å²) in [5.74, 6) is -0.449. The van der Waals surface area contributed by atoms with Crippen LogP contribution in [0.3, 0.4) is 0 Å². The van der Waals surface area contributed by atoms with Gasteiger partial charge in [0, 0.05) is 5.41 Å². The van der Waals surface area contributed by atoms with Crippen molar-refractivity contribution in [2.75, 3.05) is 6.26 Å². The molecule has 25 heavy (non-hydrogen) atoms. The average Bonchev–Trinajstić information content (AvgIpc) is 3.02. The van der Waals surface area contributed by atoms with Gasteiger partial charge in [-0.15, -0.1) is 0 Å². The second-order valence-electron chi connectivity index (χ2n) is 6.05. The smallest absolute Gasteiger partial charge is 0.264 e. The maximum absolute atomic E-state index is 12.4. The highest BCUT2D eigenvalue weighted by molar-refractivity contribution is 8.13. The number of carbonyl (C=O) groups is 1. The maximum atomic E-state index is 12.4. The topological polar surface area (TPSA) is 111 Å². The number of nitrogens with one attached hydrogen (secondary N) is 2. The Morgan fingerprint density at radius 1 is 1.28 bits per heavy atom.